The second kappa shape index (κ2) is 7.20. The molecule has 0 saturated carbocycles. The van der Waals surface area contributed by atoms with Gasteiger partial charge < -0.3 is 5.32 Å². The Morgan fingerprint density at radius 2 is 1.90 bits per heavy atom. The third kappa shape index (κ3) is 4.46. The zero-order valence-corrected chi connectivity index (χ0v) is 12.6. The number of benzene rings is 1. The summed E-state index contributed by atoms with van der Waals surface area (Å²) in [6.07, 6.45) is 3.57. The number of aromatic nitrogens is 3. The van der Waals surface area contributed by atoms with Gasteiger partial charge in [0.25, 0.3) is 0 Å². The number of H-pyrrole nitrogens is 1. The Balaban J connectivity index is 1.81. The number of rotatable bonds is 7. The van der Waals surface area contributed by atoms with Crippen molar-refractivity contribution in [3.63, 3.8) is 0 Å². The van der Waals surface area contributed by atoms with E-state index < -0.39 is 0 Å². The molecule has 0 bridgehead atoms. The lowest BCUT2D eigenvalue weighted by Gasteiger charge is -2.14. The van der Waals surface area contributed by atoms with Gasteiger partial charge >= 0.3 is 0 Å². The van der Waals surface area contributed by atoms with E-state index in [0.717, 1.165) is 25.2 Å². The Morgan fingerprint density at radius 1 is 1.15 bits per heavy atom. The van der Waals surface area contributed by atoms with Gasteiger partial charge in [-0.1, -0.05) is 38.1 Å². The van der Waals surface area contributed by atoms with Crippen LogP contribution in [-0.4, -0.2) is 21.7 Å². The Hall–Kier alpha value is -1.68. The molecule has 0 amide bonds. The first-order valence-corrected chi connectivity index (χ1v) is 7.31. The Labute approximate surface area is 121 Å². The Bertz CT molecular complexity index is 488. The highest BCUT2D eigenvalue weighted by Gasteiger charge is 2.05. The molecule has 0 aliphatic carbocycles. The minimum atomic E-state index is 0.353. The number of hydrogen-bond acceptors (Lipinski definition) is 3. The summed E-state index contributed by atoms with van der Waals surface area (Å²) < 4.78 is 0. The van der Waals surface area contributed by atoms with Gasteiger partial charge in [-0.3, -0.25) is 5.10 Å². The van der Waals surface area contributed by atoms with Crippen molar-refractivity contribution in [3.8, 4) is 0 Å². The van der Waals surface area contributed by atoms with E-state index in [-0.39, 0.29) is 0 Å². The van der Waals surface area contributed by atoms with Crippen molar-refractivity contribution in [2.45, 2.75) is 39.7 Å². The largest absolute Gasteiger partial charge is 0.310 e. The lowest BCUT2D eigenvalue weighted by Crippen LogP contribution is -2.21. The predicted molar refractivity (Wildman–Crippen MR) is 81.5 cm³/mol. The highest BCUT2D eigenvalue weighted by molar-refractivity contribution is 5.25. The van der Waals surface area contributed by atoms with Crippen LogP contribution < -0.4 is 5.32 Å². The quantitative estimate of drug-likeness (QED) is 0.815. The maximum absolute atomic E-state index is 4.12. The normalized spacial score (nSPS) is 12.8. The zero-order valence-electron chi connectivity index (χ0n) is 12.6. The average Bonchev–Trinajstić information content (AvgIpc) is 2.92. The lowest BCUT2D eigenvalue weighted by molar-refractivity contribution is 0.570. The van der Waals surface area contributed by atoms with E-state index in [1.165, 1.54) is 11.1 Å². The standard InChI is InChI=1S/C16H24N4/c1-12(2)10-14-4-6-15(7-5-14)13(3)17-9-8-16-18-11-19-20-16/h4-7,11-13,17H,8-10H2,1-3H3,(H,18,19,20). The third-order valence-electron chi connectivity index (χ3n) is 3.40. The maximum Gasteiger partial charge on any atom is 0.137 e. The summed E-state index contributed by atoms with van der Waals surface area (Å²) in [4.78, 5) is 4.12. The van der Waals surface area contributed by atoms with Gasteiger partial charge in [-0.25, -0.2) is 4.98 Å². The van der Waals surface area contributed by atoms with Crippen molar-refractivity contribution in [2.75, 3.05) is 6.54 Å². The van der Waals surface area contributed by atoms with Crippen LogP contribution in [0.2, 0.25) is 0 Å². The number of nitrogens with zero attached hydrogens (tertiary/aromatic N) is 2. The van der Waals surface area contributed by atoms with E-state index in [1.54, 1.807) is 6.33 Å². The molecule has 0 saturated heterocycles. The van der Waals surface area contributed by atoms with Gasteiger partial charge in [-0.15, -0.1) is 0 Å². The number of hydrogen-bond donors (Lipinski definition) is 2. The van der Waals surface area contributed by atoms with Gasteiger partial charge in [0.05, 0.1) is 0 Å². The monoisotopic (exact) mass is 272 g/mol. The molecule has 0 aliphatic heterocycles. The summed E-state index contributed by atoms with van der Waals surface area (Å²) in [5, 5.41) is 10.2. The van der Waals surface area contributed by atoms with Crippen molar-refractivity contribution < 1.29 is 0 Å². The first kappa shape index (κ1) is 14.7. The van der Waals surface area contributed by atoms with Crippen molar-refractivity contribution in [1.29, 1.82) is 0 Å². The first-order valence-electron chi connectivity index (χ1n) is 7.31. The molecule has 1 aromatic heterocycles. The molecule has 108 valence electrons. The fourth-order valence-electron chi connectivity index (χ4n) is 2.29. The minimum Gasteiger partial charge on any atom is -0.310 e. The molecule has 0 radical (unpaired) electrons. The van der Waals surface area contributed by atoms with Gasteiger partial charge in [0.2, 0.25) is 0 Å². The third-order valence-corrected chi connectivity index (χ3v) is 3.40. The van der Waals surface area contributed by atoms with Crippen LogP contribution in [0.1, 0.15) is 43.8 Å². The Morgan fingerprint density at radius 3 is 2.50 bits per heavy atom. The van der Waals surface area contributed by atoms with Gasteiger partial charge in [0.15, 0.2) is 0 Å². The zero-order chi connectivity index (χ0) is 14.4. The van der Waals surface area contributed by atoms with Crippen molar-refractivity contribution in [3.05, 3.63) is 47.5 Å². The molecule has 1 heterocycles. The highest BCUT2D eigenvalue weighted by Crippen LogP contribution is 2.15. The fourth-order valence-corrected chi connectivity index (χ4v) is 2.29. The van der Waals surface area contributed by atoms with Crippen LogP contribution in [0.5, 0.6) is 0 Å². The maximum atomic E-state index is 4.12. The van der Waals surface area contributed by atoms with Crippen molar-refractivity contribution >= 4 is 0 Å². The van der Waals surface area contributed by atoms with E-state index in [1.807, 2.05) is 0 Å². The van der Waals surface area contributed by atoms with Gasteiger partial charge in [-0.05, 0) is 30.4 Å². The molecule has 4 heteroatoms. The molecular formula is C16H24N4. The summed E-state index contributed by atoms with van der Waals surface area (Å²) in [6, 6.07) is 9.28. The molecule has 2 N–H and O–H groups in total. The first-order chi connectivity index (χ1) is 9.65. The summed E-state index contributed by atoms with van der Waals surface area (Å²) in [6.45, 7) is 7.59. The number of nitrogens with one attached hydrogen (secondary N) is 2. The predicted octanol–water partition coefficient (Wildman–Crippen LogP) is 2.90. The second-order valence-corrected chi connectivity index (χ2v) is 5.70. The summed E-state index contributed by atoms with van der Waals surface area (Å²) in [5.74, 6) is 1.63. The van der Waals surface area contributed by atoms with E-state index in [4.69, 9.17) is 0 Å². The van der Waals surface area contributed by atoms with Crippen LogP contribution in [0.4, 0.5) is 0 Å². The fraction of sp³-hybridized carbons (Fsp3) is 0.500. The molecule has 2 aromatic rings. The molecule has 0 aliphatic rings. The van der Waals surface area contributed by atoms with Crippen LogP contribution in [0.25, 0.3) is 0 Å². The van der Waals surface area contributed by atoms with Crippen LogP contribution in [0, 0.1) is 5.92 Å². The molecule has 4 nitrogen and oxygen atoms in total. The van der Waals surface area contributed by atoms with Crippen LogP contribution >= 0.6 is 0 Å². The summed E-state index contributed by atoms with van der Waals surface area (Å²) in [7, 11) is 0. The van der Waals surface area contributed by atoms with E-state index in [0.29, 0.717) is 12.0 Å². The molecule has 1 atom stereocenters. The second-order valence-electron chi connectivity index (χ2n) is 5.70. The van der Waals surface area contributed by atoms with Crippen molar-refractivity contribution in [2.24, 2.45) is 5.92 Å². The molecule has 20 heavy (non-hydrogen) atoms. The van der Waals surface area contributed by atoms with Gasteiger partial charge in [0, 0.05) is 19.0 Å². The topological polar surface area (TPSA) is 53.6 Å². The van der Waals surface area contributed by atoms with Gasteiger partial charge in [-0.2, -0.15) is 5.10 Å². The molecule has 0 fully saturated rings. The van der Waals surface area contributed by atoms with E-state index in [2.05, 4.69) is 65.5 Å². The SMILES string of the molecule is CC(C)Cc1ccc(C(C)NCCc2ncn[nH]2)cc1. The Kier molecular flexibility index (Phi) is 5.30. The molecule has 1 aromatic carbocycles. The smallest absolute Gasteiger partial charge is 0.137 e. The molecule has 2 rings (SSSR count). The van der Waals surface area contributed by atoms with Crippen molar-refractivity contribution in [1.82, 2.24) is 20.5 Å². The van der Waals surface area contributed by atoms with E-state index in [9.17, 15) is 0 Å². The van der Waals surface area contributed by atoms with Crippen LogP contribution in [0.3, 0.4) is 0 Å². The lowest BCUT2D eigenvalue weighted by atomic mass is 10.00. The summed E-state index contributed by atoms with van der Waals surface area (Å²) >= 11 is 0. The molecule has 1 unspecified atom stereocenters. The number of aromatic amines is 1. The van der Waals surface area contributed by atoms with Gasteiger partial charge in [0.1, 0.15) is 12.2 Å². The average molecular weight is 272 g/mol. The summed E-state index contributed by atoms with van der Waals surface area (Å²) in [5.41, 5.74) is 2.74. The van der Waals surface area contributed by atoms with Crippen LogP contribution in [0.15, 0.2) is 30.6 Å². The van der Waals surface area contributed by atoms with Crippen LogP contribution in [-0.2, 0) is 12.8 Å². The molecular weight excluding hydrogens is 248 g/mol. The minimum absolute atomic E-state index is 0.353. The van der Waals surface area contributed by atoms with E-state index >= 15 is 0 Å². The molecule has 0 spiro atoms. The highest BCUT2D eigenvalue weighted by atomic mass is 15.2.